The first-order chi connectivity index (χ1) is 24.8. The van der Waals surface area contributed by atoms with Gasteiger partial charge >= 0.3 is 11.9 Å². The molecule has 5 aliphatic carbocycles. The molecule has 1 heterocycles. The summed E-state index contributed by atoms with van der Waals surface area (Å²) in [6, 6.07) is 0. The molecule has 1 aliphatic heterocycles. The molecule has 0 aromatic carbocycles. The number of carbonyl (C=O) groups excluding carboxylic acids is 3. The number of aliphatic hydroxyl groups excluding tert-OH is 1. The predicted octanol–water partition coefficient (Wildman–Crippen LogP) is 6.24. The molecule has 0 aromatic rings. The summed E-state index contributed by atoms with van der Waals surface area (Å²) in [4.78, 5) is 40.3. The van der Waals surface area contributed by atoms with Crippen LogP contribution in [0.2, 0.25) is 0 Å². The second-order valence-electron chi connectivity index (χ2n) is 16.0. The zero-order valence-electron chi connectivity index (χ0n) is 30.8. The lowest BCUT2D eigenvalue weighted by Gasteiger charge is -2.50. The van der Waals surface area contributed by atoms with E-state index in [-0.39, 0.29) is 49.5 Å². The van der Waals surface area contributed by atoms with Gasteiger partial charge < -0.3 is 24.8 Å². The van der Waals surface area contributed by atoms with E-state index < -0.39 is 70.2 Å². The van der Waals surface area contributed by atoms with Gasteiger partial charge in [-0.2, -0.15) is 0 Å². The molecule has 12 atom stereocenters. The van der Waals surface area contributed by atoms with Crippen molar-refractivity contribution in [3.8, 4) is 0 Å². The van der Waals surface area contributed by atoms with Crippen molar-refractivity contribution in [1.29, 1.82) is 0 Å². The molecule has 1 spiro atoms. The second kappa shape index (κ2) is 14.5. The Morgan fingerprint density at radius 1 is 1.02 bits per heavy atom. The van der Waals surface area contributed by atoms with E-state index in [4.69, 9.17) is 9.47 Å². The van der Waals surface area contributed by atoms with Crippen molar-refractivity contribution in [2.45, 2.75) is 76.6 Å². The normalized spacial score (nSPS) is 44.9. The van der Waals surface area contributed by atoms with E-state index in [1.807, 2.05) is 62.5 Å². The summed E-state index contributed by atoms with van der Waals surface area (Å²) in [6.07, 6.45) is 31.1. The third-order valence-corrected chi connectivity index (χ3v) is 13.1. The Morgan fingerprint density at radius 3 is 2.50 bits per heavy atom. The lowest BCUT2D eigenvalue weighted by atomic mass is 9.56. The number of hydrogen-bond acceptors (Lipinski definition) is 8. The average molecular weight is 711 g/mol. The molecule has 0 saturated heterocycles. The van der Waals surface area contributed by atoms with Crippen LogP contribution in [0, 0.1) is 52.8 Å². The molecule has 0 aromatic heterocycles. The molecule has 52 heavy (non-hydrogen) atoms. The highest BCUT2D eigenvalue weighted by Crippen LogP contribution is 2.77. The quantitative estimate of drug-likeness (QED) is 0.161. The maximum Gasteiger partial charge on any atom is 0.330 e. The first-order valence-corrected chi connectivity index (χ1v) is 18.8. The minimum Gasteiger partial charge on any atom is -0.462 e. The van der Waals surface area contributed by atoms with Crippen molar-refractivity contribution in [3.63, 3.8) is 0 Å². The molecule has 8 nitrogen and oxygen atoms in total. The largest absolute Gasteiger partial charge is 0.462 e. The van der Waals surface area contributed by atoms with Crippen molar-refractivity contribution in [2.75, 3.05) is 13.2 Å². The maximum atomic E-state index is 13.5. The number of allylic oxidation sites excluding steroid dienone is 11. The van der Waals surface area contributed by atoms with Crippen LogP contribution in [-0.2, 0) is 23.9 Å². The predicted molar refractivity (Wildman–Crippen MR) is 199 cm³/mol. The van der Waals surface area contributed by atoms with E-state index in [2.05, 4.69) is 31.7 Å². The Balaban J connectivity index is 1.31. The molecule has 3 fully saturated rings. The smallest absolute Gasteiger partial charge is 0.330 e. The number of ketones is 1. The van der Waals surface area contributed by atoms with Gasteiger partial charge in [0, 0.05) is 35.7 Å². The number of carbonyl (C=O) groups is 3. The number of ether oxygens (including phenoxy) is 2. The van der Waals surface area contributed by atoms with E-state index >= 15 is 0 Å². The maximum absolute atomic E-state index is 13.5. The second-order valence-corrected chi connectivity index (χ2v) is 16.0. The third-order valence-electron chi connectivity index (χ3n) is 13.1. The molecule has 0 bridgehead atoms. The molecule has 0 amide bonds. The van der Waals surface area contributed by atoms with Gasteiger partial charge in [-0.05, 0) is 60.5 Å². The topological polar surface area (TPSA) is 130 Å². The number of hydrogen-bond donors (Lipinski definition) is 3. The van der Waals surface area contributed by atoms with Gasteiger partial charge in [0.1, 0.15) is 17.8 Å². The zero-order valence-corrected chi connectivity index (χ0v) is 30.8. The molecule has 8 heteroatoms. The number of rotatable bonds is 7. The van der Waals surface area contributed by atoms with Gasteiger partial charge in [-0.15, -0.1) is 6.58 Å². The fourth-order valence-corrected chi connectivity index (χ4v) is 10.4. The van der Waals surface area contributed by atoms with Gasteiger partial charge in [0.2, 0.25) is 0 Å². The zero-order chi connectivity index (χ0) is 37.5. The number of aliphatic hydroxyl groups is 3. The molecule has 278 valence electrons. The summed E-state index contributed by atoms with van der Waals surface area (Å²) < 4.78 is 12.3. The van der Waals surface area contributed by atoms with Crippen LogP contribution in [-0.4, -0.2) is 63.1 Å². The van der Waals surface area contributed by atoms with E-state index in [9.17, 15) is 29.7 Å². The summed E-state index contributed by atoms with van der Waals surface area (Å²) in [5.74, 6) is -3.69. The molecule has 0 radical (unpaired) electrons. The number of esters is 2. The van der Waals surface area contributed by atoms with Crippen LogP contribution in [0.5, 0.6) is 0 Å². The van der Waals surface area contributed by atoms with Gasteiger partial charge in [-0.25, -0.2) is 4.79 Å². The average Bonchev–Trinajstić information content (AvgIpc) is 3.55. The Morgan fingerprint density at radius 2 is 1.77 bits per heavy atom. The Hall–Kier alpha value is -3.85. The SMILES string of the molecule is C=C[C@@H]1[C@H]2/C=C/C=C/CC(=O)O[C@@]34C[C@@H](C)[C@@]5(O)[C@@H](C=C(CO)C[C@]6(O)C(=O)C(C)=C[C@@H]56)[C@@H]3[C@@]4(C)COC(=O)/C=C\[C@H]2[C@H]1/C=C/C=C/C=C/CCC. The summed E-state index contributed by atoms with van der Waals surface area (Å²) in [5.41, 5.74) is -4.69. The van der Waals surface area contributed by atoms with Crippen LogP contribution in [0.1, 0.15) is 59.8 Å². The van der Waals surface area contributed by atoms with Gasteiger partial charge in [0.25, 0.3) is 0 Å². The Kier molecular flexibility index (Phi) is 10.6. The lowest BCUT2D eigenvalue weighted by molar-refractivity contribution is -0.187. The number of Topliss-reactive ketones (excluding diaryl/α,β-unsaturated/α-hetero) is 1. The number of cyclic esters (lactones) is 1. The van der Waals surface area contributed by atoms with E-state index in [0.29, 0.717) is 11.1 Å². The lowest BCUT2D eigenvalue weighted by Crippen LogP contribution is -2.61. The molecule has 6 aliphatic rings. The van der Waals surface area contributed by atoms with Crippen LogP contribution in [0.4, 0.5) is 0 Å². The van der Waals surface area contributed by atoms with Crippen molar-refractivity contribution >= 4 is 17.7 Å². The summed E-state index contributed by atoms with van der Waals surface area (Å²) in [6.45, 7) is 11.1. The minimum atomic E-state index is -1.90. The number of unbranched alkanes of at least 4 members (excludes halogenated alkanes) is 1. The van der Waals surface area contributed by atoms with Crippen LogP contribution in [0.3, 0.4) is 0 Å². The van der Waals surface area contributed by atoms with Crippen molar-refractivity contribution in [3.05, 3.63) is 109 Å². The highest BCUT2D eigenvalue weighted by Gasteiger charge is 2.85. The minimum absolute atomic E-state index is 0.0251. The van der Waals surface area contributed by atoms with E-state index in [0.717, 1.165) is 12.8 Å². The van der Waals surface area contributed by atoms with Crippen molar-refractivity contribution < 1.29 is 39.2 Å². The molecule has 6 rings (SSSR count). The van der Waals surface area contributed by atoms with Crippen LogP contribution in [0.15, 0.2) is 109 Å². The highest BCUT2D eigenvalue weighted by molar-refractivity contribution is 6.04. The fraction of sp³-hybridized carbons (Fsp3) is 0.523. The summed E-state index contributed by atoms with van der Waals surface area (Å²) in [7, 11) is 0. The Bertz CT molecular complexity index is 1710. The first kappa shape index (κ1) is 37.9. The van der Waals surface area contributed by atoms with E-state index in [1.165, 1.54) is 6.08 Å². The van der Waals surface area contributed by atoms with Gasteiger partial charge in [0.15, 0.2) is 5.78 Å². The first-order valence-electron chi connectivity index (χ1n) is 18.8. The van der Waals surface area contributed by atoms with Crippen molar-refractivity contribution in [1.82, 2.24) is 0 Å². The van der Waals surface area contributed by atoms with Crippen molar-refractivity contribution in [2.24, 2.45) is 52.8 Å². The Labute approximate surface area is 307 Å². The standard InChI is InChI=1S/C44H54O8/c1-6-8-9-10-11-12-14-17-32-31(7-2)33-18-15-13-16-19-38(47)52-43-24-29(4)44(50)35(39(43)41(43,5)27-51-37(46)21-20-34(32)33)23-30(26-45)25-42(49)36(44)22-28(3)40(42)48/h7,9-18,20-23,29,31-36,39,45,49-50H,2,6,8,19,24-27H2,1,3-5H3/b10-9+,12-11+,16-13+,17-14+,18-15+,21-20-/t29-,31+,32+,33-,34+,35+,36-,39-,41-,42-,43+,44-/m1/s1. The molecular formula is C44H54O8. The van der Waals surface area contributed by atoms with Gasteiger partial charge in [0.05, 0.1) is 18.6 Å². The molecule has 3 saturated carbocycles. The number of fused-ring (bicyclic) bond motifs is 6. The monoisotopic (exact) mass is 710 g/mol. The van der Waals surface area contributed by atoms with Gasteiger partial charge in [-0.1, -0.05) is 112 Å². The summed E-state index contributed by atoms with van der Waals surface area (Å²) in [5, 5.41) is 35.0. The van der Waals surface area contributed by atoms with Crippen LogP contribution >= 0.6 is 0 Å². The third kappa shape index (κ3) is 6.10. The van der Waals surface area contributed by atoms with Crippen LogP contribution < -0.4 is 0 Å². The summed E-state index contributed by atoms with van der Waals surface area (Å²) >= 11 is 0. The van der Waals surface area contributed by atoms with E-state index in [1.54, 1.807) is 25.2 Å². The fourth-order valence-electron chi connectivity index (χ4n) is 10.4. The molecule has 3 N–H and O–H groups in total. The van der Waals surface area contributed by atoms with Crippen LogP contribution in [0.25, 0.3) is 0 Å². The highest BCUT2D eigenvalue weighted by atomic mass is 16.6. The molecule has 0 unspecified atom stereocenters. The van der Waals surface area contributed by atoms with Gasteiger partial charge in [-0.3, -0.25) is 9.59 Å². The molecular weight excluding hydrogens is 656 g/mol.